The number of ether oxygens (including phenoxy) is 1. The lowest BCUT2D eigenvalue weighted by atomic mass is 10.3. The third kappa shape index (κ3) is 2.67. The Morgan fingerprint density at radius 1 is 1.45 bits per heavy atom. The van der Waals surface area contributed by atoms with Crippen LogP contribution in [0, 0.1) is 0 Å². The Morgan fingerprint density at radius 2 is 1.91 bits per heavy atom. The normalized spacial score (nSPS) is 10.9. The number of alkyl halides is 2. The molecule has 0 rings (SSSR count). The smallest absolute Gasteiger partial charge is 0.350 e. The molecule has 0 fully saturated rings. The maximum atomic E-state index is 10.8. The van der Waals surface area contributed by atoms with Gasteiger partial charge in [-0.15, -0.1) is 0 Å². The van der Waals surface area contributed by atoms with Crippen LogP contribution < -0.4 is 0 Å². The molecule has 3 nitrogen and oxygen atoms in total. The van der Waals surface area contributed by atoms with Crippen LogP contribution in [-0.4, -0.2) is 22.7 Å². The van der Waals surface area contributed by atoms with Gasteiger partial charge >= 0.3 is 5.97 Å². The molecule has 5 heteroatoms. The van der Waals surface area contributed by atoms with Gasteiger partial charge < -0.3 is 4.74 Å². The minimum Gasteiger partial charge on any atom is -0.463 e. The van der Waals surface area contributed by atoms with Gasteiger partial charge in [-0.05, 0) is 13.8 Å². The van der Waals surface area contributed by atoms with Crippen LogP contribution in [0.4, 0.5) is 0 Å². The van der Waals surface area contributed by atoms with E-state index in [1.54, 1.807) is 6.92 Å². The maximum Gasteiger partial charge on any atom is 0.350 e. The van der Waals surface area contributed by atoms with Crippen molar-refractivity contribution in [1.29, 1.82) is 0 Å². The molecule has 0 spiro atoms. The number of rotatable bonds is 3. The van der Waals surface area contributed by atoms with Crippen molar-refractivity contribution >= 4 is 35.0 Å². The Labute approximate surface area is 74.6 Å². The van der Waals surface area contributed by atoms with Gasteiger partial charge in [0.2, 0.25) is 0 Å². The molecule has 0 aromatic heterocycles. The minimum atomic E-state index is -2.05. The Balaban J connectivity index is 4.30. The van der Waals surface area contributed by atoms with E-state index in [0.29, 0.717) is 0 Å². The van der Waals surface area contributed by atoms with Gasteiger partial charge in [-0.1, -0.05) is 23.2 Å². The van der Waals surface area contributed by atoms with E-state index in [0.717, 1.165) is 6.92 Å². The second-order valence-corrected chi connectivity index (χ2v) is 3.18. The maximum absolute atomic E-state index is 10.8. The van der Waals surface area contributed by atoms with Crippen LogP contribution >= 0.6 is 23.2 Å². The summed E-state index contributed by atoms with van der Waals surface area (Å²) in [5, 5.41) is 0. The zero-order chi connectivity index (χ0) is 9.07. The van der Waals surface area contributed by atoms with E-state index in [-0.39, 0.29) is 6.61 Å². The van der Waals surface area contributed by atoms with E-state index in [2.05, 4.69) is 4.74 Å². The van der Waals surface area contributed by atoms with Gasteiger partial charge in [0.05, 0.1) is 6.61 Å². The molecule has 0 aliphatic heterocycles. The van der Waals surface area contributed by atoms with Gasteiger partial charge in [0.25, 0.3) is 4.33 Å². The van der Waals surface area contributed by atoms with E-state index in [1.165, 1.54) is 0 Å². The van der Waals surface area contributed by atoms with Crippen LogP contribution in [0.3, 0.4) is 0 Å². The van der Waals surface area contributed by atoms with E-state index in [4.69, 9.17) is 23.2 Å². The van der Waals surface area contributed by atoms with Crippen LogP contribution in [0.2, 0.25) is 0 Å². The van der Waals surface area contributed by atoms with Crippen molar-refractivity contribution in [2.24, 2.45) is 0 Å². The molecule has 0 saturated carbocycles. The number of carbonyl (C=O) groups excluding carboxylic acids is 2. The van der Waals surface area contributed by atoms with Crippen molar-refractivity contribution in [3.05, 3.63) is 0 Å². The van der Waals surface area contributed by atoms with E-state index >= 15 is 0 Å². The summed E-state index contributed by atoms with van der Waals surface area (Å²) in [6.45, 7) is 2.87. The first-order valence-corrected chi connectivity index (χ1v) is 3.74. The van der Waals surface area contributed by atoms with Gasteiger partial charge in [-0.3, -0.25) is 4.79 Å². The molecule has 0 heterocycles. The number of Topliss-reactive ketones (excluding diaryl/α,β-unsaturated/α-hetero) is 1. The SMILES string of the molecule is CCOC(=O)C(Cl)(Cl)C(C)=O. The van der Waals surface area contributed by atoms with E-state index in [9.17, 15) is 9.59 Å². The standard InChI is InChI=1S/C6H8Cl2O3/c1-3-11-5(10)6(7,8)4(2)9/h3H2,1-2H3. The van der Waals surface area contributed by atoms with E-state index < -0.39 is 16.1 Å². The summed E-state index contributed by atoms with van der Waals surface area (Å²) in [5.74, 6) is -1.56. The fraction of sp³-hybridized carbons (Fsp3) is 0.667. The van der Waals surface area contributed by atoms with Crippen LogP contribution in [-0.2, 0) is 14.3 Å². The molecule has 0 aromatic carbocycles. The van der Waals surface area contributed by atoms with E-state index in [1.807, 2.05) is 0 Å². The summed E-state index contributed by atoms with van der Waals surface area (Å²) < 4.78 is 2.40. The zero-order valence-corrected chi connectivity index (χ0v) is 7.70. The van der Waals surface area contributed by atoms with Gasteiger partial charge in [0, 0.05) is 0 Å². The monoisotopic (exact) mass is 198 g/mol. The number of halogens is 2. The van der Waals surface area contributed by atoms with Crippen LogP contribution in [0.5, 0.6) is 0 Å². The second-order valence-electron chi connectivity index (χ2n) is 1.85. The summed E-state index contributed by atoms with van der Waals surface area (Å²) in [5.41, 5.74) is 0. The van der Waals surface area contributed by atoms with Crippen molar-refractivity contribution in [1.82, 2.24) is 0 Å². The molecule has 0 aliphatic rings. The lowest BCUT2D eigenvalue weighted by Gasteiger charge is -2.12. The second kappa shape index (κ2) is 3.93. The Morgan fingerprint density at radius 3 is 2.18 bits per heavy atom. The molecule has 0 radical (unpaired) electrons. The molecule has 0 atom stereocenters. The molecule has 0 saturated heterocycles. The molecule has 0 aliphatic carbocycles. The van der Waals surface area contributed by atoms with Crippen molar-refractivity contribution in [2.45, 2.75) is 18.2 Å². The Kier molecular flexibility index (Phi) is 3.83. The predicted octanol–water partition coefficient (Wildman–Crippen LogP) is 1.31. The van der Waals surface area contributed by atoms with Crippen LogP contribution in [0.15, 0.2) is 0 Å². The zero-order valence-electron chi connectivity index (χ0n) is 6.19. The average molecular weight is 199 g/mol. The molecule has 0 unspecified atom stereocenters. The fourth-order valence-electron chi connectivity index (χ4n) is 0.365. The van der Waals surface area contributed by atoms with Gasteiger partial charge in [-0.2, -0.15) is 0 Å². The first-order valence-electron chi connectivity index (χ1n) is 2.99. The van der Waals surface area contributed by atoms with Crippen LogP contribution in [0.25, 0.3) is 0 Å². The third-order valence-electron chi connectivity index (χ3n) is 0.974. The Bertz CT molecular complexity index is 177. The molecule has 0 N–H and O–H groups in total. The molecule has 64 valence electrons. The summed E-state index contributed by atoms with van der Waals surface area (Å²) in [6.07, 6.45) is 0. The number of ketones is 1. The van der Waals surface area contributed by atoms with Gasteiger partial charge in [-0.25, -0.2) is 4.79 Å². The number of esters is 1. The molecule has 11 heavy (non-hydrogen) atoms. The Hall–Kier alpha value is -0.280. The summed E-state index contributed by atoms with van der Waals surface area (Å²) >= 11 is 10.7. The van der Waals surface area contributed by atoms with Gasteiger partial charge in [0.1, 0.15) is 0 Å². The lowest BCUT2D eigenvalue weighted by Crippen LogP contribution is -2.35. The largest absolute Gasteiger partial charge is 0.463 e. The fourth-order valence-corrected chi connectivity index (χ4v) is 0.475. The van der Waals surface area contributed by atoms with Crippen molar-refractivity contribution in [3.63, 3.8) is 0 Å². The summed E-state index contributed by atoms with van der Waals surface area (Å²) in [7, 11) is 0. The summed E-state index contributed by atoms with van der Waals surface area (Å²) in [6, 6.07) is 0. The highest BCUT2D eigenvalue weighted by molar-refractivity contribution is 6.67. The quantitative estimate of drug-likeness (QED) is 0.391. The number of carbonyl (C=O) groups is 2. The first kappa shape index (κ1) is 10.7. The van der Waals surface area contributed by atoms with Crippen molar-refractivity contribution < 1.29 is 14.3 Å². The lowest BCUT2D eigenvalue weighted by molar-refractivity contribution is -0.146. The predicted molar refractivity (Wildman–Crippen MR) is 41.8 cm³/mol. The van der Waals surface area contributed by atoms with Crippen molar-refractivity contribution in [3.8, 4) is 0 Å². The molecular weight excluding hydrogens is 191 g/mol. The first-order chi connectivity index (χ1) is 4.92. The average Bonchev–Trinajstić information content (AvgIpc) is 1.88. The van der Waals surface area contributed by atoms with Gasteiger partial charge in [0.15, 0.2) is 5.78 Å². The summed E-state index contributed by atoms with van der Waals surface area (Å²) in [4.78, 5) is 21.4. The van der Waals surface area contributed by atoms with Crippen molar-refractivity contribution in [2.75, 3.05) is 6.61 Å². The molecular formula is C6H8Cl2O3. The minimum absolute atomic E-state index is 0.146. The molecule has 0 amide bonds. The molecule has 0 aromatic rings. The number of hydrogen-bond donors (Lipinski definition) is 0. The third-order valence-corrected chi connectivity index (χ3v) is 1.81. The highest BCUT2D eigenvalue weighted by atomic mass is 35.5. The highest BCUT2D eigenvalue weighted by Crippen LogP contribution is 2.23. The highest BCUT2D eigenvalue weighted by Gasteiger charge is 2.40. The number of hydrogen-bond acceptors (Lipinski definition) is 3. The molecule has 0 bridgehead atoms. The topological polar surface area (TPSA) is 43.4 Å². The van der Waals surface area contributed by atoms with Crippen LogP contribution in [0.1, 0.15) is 13.8 Å².